The zero-order valence-corrected chi connectivity index (χ0v) is 17.5. The predicted octanol–water partition coefficient (Wildman–Crippen LogP) is -0.133. The summed E-state index contributed by atoms with van der Waals surface area (Å²) in [6, 6.07) is 4.07. The van der Waals surface area contributed by atoms with Crippen molar-refractivity contribution < 1.29 is 33.8 Å². The van der Waals surface area contributed by atoms with Crippen LogP contribution in [0, 0.1) is 13.8 Å². The van der Waals surface area contributed by atoms with E-state index >= 15 is 0 Å². The fourth-order valence-electron chi connectivity index (χ4n) is 2.71. The second-order valence-electron chi connectivity index (χ2n) is 6.74. The molecule has 0 saturated carbocycles. The number of phenols is 1. The lowest BCUT2D eigenvalue weighted by Crippen LogP contribution is -2.48. The van der Waals surface area contributed by atoms with Crippen LogP contribution in [0.4, 0.5) is 0 Å². The number of benzene rings is 1. The Labute approximate surface area is 183 Å². The standard InChI is InChI=1S/C20H25N5O7/c1-10-7-14(11(2)32-10)18(28)25-15(19(29)30)9-24-17(27)13-4-3-12(8-16(13)26)31-6-5-23-20(21)22/h3-4,7-8,15,26H,5-6,9H2,1-2H3,(H,24,27)(H,25,28)(H,29,30)(H4,21,22,23)/t15-/m0/s1. The minimum absolute atomic E-state index is 0.0747. The Bertz CT molecular complexity index is 1030. The molecule has 2 amide bonds. The van der Waals surface area contributed by atoms with Crippen LogP contribution in [0.25, 0.3) is 0 Å². The van der Waals surface area contributed by atoms with Crippen LogP contribution < -0.4 is 26.8 Å². The van der Waals surface area contributed by atoms with Crippen molar-refractivity contribution in [3.05, 3.63) is 46.9 Å². The number of guanidine groups is 1. The van der Waals surface area contributed by atoms with E-state index in [-0.39, 0.29) is 41.7 Å². The summed E-state index contributed by atoms with van der Waals surface area (Å²) >= 11 is 0. The molecular formula is C20H25N5O7. The number of nitrogens with one attached hydrogen (secondary N) is 2. The van der Waals surface area contributed by atoms with Gasteiger partial charge in [0.05, 0.1) is 17.7 Å². The van der Waals surface area contributed by atoms with Crippen molar-refractivity contribution >= 4 is 23.7 Å². The number of aromatic hydroxyl groups is 1. The van der Waals surface area contributed by atoms with E-state index in [1.54, 1.807) is 13.8 Å². The topological polar surface area (TPSA) is 202 Å². The molecule has 1 heterocycles. The molecule has 0 aliphatic rings. The van der Waals surface area contributed by atoms with Gasteiger partial charge in [0.2, 0.25) is 0 Å². The summed E-state index contributed by atoms with van der Waals surface area (Å²) in [4.78, 5) is 39.9. The van der Waals surface area contributed by atoms with Gasteiger partial charge in [-0.15, -0.1) is 0 Å². The lowest BCUT2D eigenvalue weighted by atomic mass is 10.1. The Hall–Kier alpha value is -4.22. The highest BCUT2D eigenvalue weighted by molar-refractivity contribution is 5.99. The van der Waals surface area contributed by atoms with E-state index in [2.05, 4.69) is 15.6 Å². The summed E-state index contributed by atoms with van der Waals surface area (Å²) in [7, 11) is 0. The predicted molar refractivity (Wildman–Crippen MR) is 114 cm³/mol. The molecule has 0 unspecified atom stereocenters. The number of nitrogens with zero attached hydrogens (tertiary/aromatic N) is 1. The summed E-state index contributed by atoms with van der Waals surface area (Å²) in [6.07, 6.45) is 0. The number of nitrogens with two attached hydrogens (primary N) is 2. The second kappa shape index (κ2) is 10.7. The highest BCUT2D eigenvalue weighted by Gasteiger charge is 2.24. The smallest absolute Gasteiger partial charge is 0.328 e. The first-order valence-electron chi connectivity index (χ1n) is 9.48. The molecular weight excluding hydrogens is 422 g/mol. The van der Waals surface area contributed by atoms with E-state index in [0.717, 1.165) is 0 Å². The average Bonchev–Trinajstić information content (AvgIpc) is 3.06. The van der Waals surface area contributed by atoms with Crippen LogP contribution in [0.2, 0.25) is 0 Å². The SMILES string of the molecule is Cc1cc(C(=O)N[C@@H](CNC(=O)c2ccc(OCCN=C(N)N)cc2O)C(=O)O)c(C)o1. The molecule has 0 spiro atoms. The summed E-state index contributed by atoms with van der Waals surface area (Å²) < 4.78 is 10.6. The molecule has 2 rings (SSSR count). The number of phenolic OH excluding ortho intramolecular Hbond substituents is 1. The molecule has 1 atom stereocenters. The van der Waals surface area contributed by atoms with E-state index in [4.69, 9.17) is 20.6 Å². The maximum Gasteiger partial charge on any atom is 0.328 e. The Morgan fingerprint density at radius 3 is 2.44 bits per heavy atom. The second-order valence-corrected chi connectivity index (χ2v) is 6.74. The van der Waals surface area contributed by atoms with Crippen molar-refractivity contribution in [1.29, 1.82) is 0 Å². The fraction of sp³-hybridized carbons (Fsp3) is 0.300. The van der Waals surface area contributed by atoms with E-state index < -0.39 is 30.4 Å². The summed E-state index contributed by atoms with van der Waals surface area (Å²) in [5, 5.41) is 24.2. The quantitative estimate of drug-likeness (QED) is 0.163. The summed E-state index contributed by atoms with van der Waals surface area (Å²) in [5.74, 6) is -2.03. The number of hydrogen-bond donors (Lipinski definition) is 6. The molecule has 172 valence electrons. The number of carbonyl (C=O) groups excluding carboxylic acids is 2. The minimum atomic E-state index is -1.40. The van der Waals surface area contributed by atoms with E-state index in [1.807, 2.05) is 0 Å². The number of aliphatic imine (C=N–C) groups is 1. The van der Waals surface area contributed by atoms with Crippen molar-refractivity contribution in [1.82, 2.24) is 10.6 Å². The first-order chi connectivity index (χ1) is 15.1. The van der Waals surface area contributed by atoms with Crippen LogP contribution in [-0.2, 0) is 4.79 Å². The highest BCUT2D eigenvalue weighted by atomic mass is 16.5. The van der Waals surface area contributed by atoms with Gasteiger partial charge >= 0.3 is 5.97 Å². The van der Waals surface area contributed by atoms with Crippen molar-refractivity contribution in [2.75, 3.05) is 19.7 Å². The molecule has 32 heavy (non-hydrogen) atoms. The van der Waals surface area contributed by atoms with E-state index in [1.165, 1.54) is 24.3 Å². The summed E-state index contributed by atoms with van der Waals surface area (Å²) in [5.41, 5.74) is 10.5. The number of hydrogen-bond acceptors (Lipinski definition) is 7. The monoisotopic (exact) mass is 447 g/mol. The number of carboxylic acid groups (broad SMARTS) is 1. The molecule has 8 N–H and O–H groups in total. The number of carboxylic acids is 1. The molecule has 0 fully saturated rings. The number of aliphatic carboxylic acids is 1. The molecule has 12 nitrogen and oxygen atoms in total. The van der Waals surface area contributed by atoms with Crippen molar-refractivity contribution in [2.45, 2.75) is 19.9 Å². The van der Waals surface area contributed by atoms with Crippen LogP contribution >= 0.6 is 0 Å². The Morgan fingerprint density at radius 2 is 1.88 bits per heavy atom. The molecule has 1 aromatic carbocycles. The number of rotatable bonds is 10. The van der Waals surface area contributed by atoms with Gasteiger partial charge in [-0.05, 0) is 32.0 Å². The van der Waals surface area contributed by atoms with Crippen LogP contribution in [0.15, 0.2) is 33.7 Å². The Kier molecular flexibility index (Phi) is 8.04. The number of furan rings is 1. The lowest BCUT2D eigenvalue weighted by Gasteiger charge is -2.15. The van der Waals surface area contributed by atoms with Gasteiger partial charge in [0, 0.05) is 12.6 Å². The van der Waals surface area contributed by atoms with Gasteiger partial charge in [0.25, 0.3) is 11.8 Å². The third-order valence-electron chi connectivity index (χ3n) is 4.22. The van der Waals surface area contributed by atoms with Gasteiger partial charge in [-0.3, -0.25) is 14.6 Å². The third kappa shape index (κ3) is 6.65. The molecule has 0 saturated heterocycles. The molecule has 0 aliphatic heterocycles. The average molecular weight is 447 g/mol. The zero-order valence-electron chi connectivity index (χ0n) is 17.5. The van der Waals surface area contributed by atoms with Gasteiger partial charge in [0.1, 0.15) is 35.7 Å². The minimum Gasteiger partial charge on any atom is -0.507 e. The van der Waals surface area contributed by atoms with Crippen molar-refractivity contribution in [3.63, 3.8) is 0 Å². The van der Waals surface area contributed by atoms with Gasteiger partial charge < -0.3 is 41.5 Å². The Balaban J connectivity index is 1.96. The first kappa shape index (κ1) is 24.1. The number of carbonyl (C=O) groups is 3. The lowest BCUT2D eigenvalue weighted by molar-refractivity contribution is -0.139. The number of ether oxygens (including phenoxy) is 1. The van der Waals surface area contributed by atoms with Gasteiger partial charge in [-0.2, -0.15) is 0 Å². The normalized spacial score (nSPS) is 11.3. The van der Waals surface area contributed by atoms with Gasteiger partial charge in [0.15, 0.2) is 5.96 Å². The van der Waals surface area contributed by atoms with Crippen LogP contribution in [0.5, 0.6) is 11.5 Å². The molecule has 1 aromatic heterocycles. The number of amides is 2. The van der Waals surface area contributed by atoms with Gasteiger partial charge in [-0.1, -0.05) is 0 Å². The maximum absolute atomic E-state index is 12.4. The molecule has 0 radical (unpaired) electrons. The largest absolute Gasteiger partial charge is 0.507 e. The molecule has 2 aromatic rings. The maximum atomic E-state index is 12.4. The van der Waals surface area contributed by atoms with Crippen LogP contribution in [-0.4, -0.2) is 59.7 Å². The first-order valence-corrected chi connectivity index (χ1v) is 9.48. The fourth-order valence-corrected chi connectivity index (χ4v) is 2.71. The zero-order chi connectivity index (χ0) is 23.8. The van der Waals surface area contributed by atoms with E-state index in [0.29, 0.717) is 11.5 Å². The van der Waals surface area contributed by atoms with Gasteiger partial charge in [-0.25, -0.2) is 4.79 Å². The molecule has 0 bridgehead atoms. The van der Waals surface area contributed by atoms with Crippen molar-refractivity contribution in [2.24, 2.45) is 16.5 Å². The highest BCUT2D eigenvalue weighted by Crippen LogP contribution is 2.23. The van der Waals surface area contributed by atoms with E-state index in [9.17, 15) is 24.6 Å². The third-order valence-corrected chi connectivity index (χ3v) is 4.22. The number of aryl methyl sites for hydroxylation is 2. The Morgan fingerprint density at radius 1 is 1.16 bits per heavy atom. The molecule has 0 aliphatic carbocycles. The van der Waals surface area contributed by atoms with Crippen molar-refractivity contribution in [3.8, 4) is 11.5 Å². The molecule has 12 heteroatoms. The summed E-state index contributed by atoms with van der Waals surface area (Å²) in [6.45, 7) is 3.19. The van der Waals surface area contributed by atoms with Crippen LogP contribution in [0.1, 0.15) is 32.2 Å². The van der Waals surface area contributed by atoms with Crippen LogP contribution in [0.3, 0.4) is 0 Å².